The summed E-state index contributed by atoms with van der Waals surface area (Å²) in [5.74, 6) is 0.842. The quantitative estimate of drug-likeness (QED) is 0.754. The second kappa shape index (κ2) is 9.45. The second-order valence-electron chi connectivity index (χ2n) is 6.40. The maximum atomic E-state index is 10.4. The number of benzene rings is 2. The highest BCUT2D eigenvalue weighted by Crippen LogP contribution is 2.17. The topological polar surface area (TPSA) is 32.7 Å². The first kappa shape index (κ1) is 18.5. The van der Waals surface area contributed by atoms with Crippen molar-refractivity contribution < 1.29 is 9.84 Å². The van der Waals surface area contributed by atoms with Crippen molar-refractivity contribution in [2.45, 2.75) is 45.9 Å². The number of para-hydroxylation sites is 1. The molecule has 2 aromatic rings. The summed E-state index contributed by atoms with van der Waals surface area (Å²) >= 11 is 0. The average Bonchev–Trinajstić information content (AvgIpc) is 2.60. The average molecular weight is 327 g/mol. The Morgan fingerprint density at radius 1 is 1.04 bits per heavy atom. The van der Waals surface area contributed by atoms with E-state index in [2.05, 4.69) is 43.0 Å². The van der Waals surface area contributed by atoms with Crippen LogP contribution in [-0.2, 0) is 6.54 Å². The summed E-state index contributed by atoms with van der Waals surface area (Å²) in [6.45, 7) is 8.17. The van der Waals surface area contributed by atoms with Gasteiger partial charge in [-0.25, -0.2) is 0 Å². The monoisotopic (exact) mass is 327 g/mol. The summed E-state index contributed by atoms with van der Waals surface area (Å²) in [6.07, 6.45) is 0.542. The Morgan fingerprint density at radius 2 is 1.71 bits per heavy atom. The molecule has 130 valence electrons. The van der Waals surface area contributed by atoms with Crippen molar-refractivity contribution in [2.24, 2.45) is 0 Å². The van der Waals surface area contributed by atoms with Crippen LogP contribution < -0.4 is 4.74 Å². The lowest BCUT2D eigenvalue weighted by molar-refractivity contribution is 0.0504. The van der Waals surface area contributed by atoms with Gasteiger partial charge in [0.15, 0.2) is 0 Å². The van der Waals surface area contributed by atoms with Gasteiger partial charge in [0.2, 0.25) is 0 Å². The number of aliphatic hydroxyl groups excluding tert-OH is 1. The fraction of sp³-hybridized carbons (Fsp3) is 0.429. The molecule has 0 spiro atoms. The van der Waals surface area contributed by atoms with E-state index < -0.39 is 6.10 Å². The summed E-state index contributed by atoms with van der Waals surface area (Å²) in [4.78, 5) is 2.32. The minimum Gasteiger partial charge on any atom is -0.491 e. The first-order chi connectivity index (χ1) is 11.6. The number of rotatable bonds is 9. The van der Waals surface area contributed by atoms with Crippen LogP contribution in [0.15, 0.2) is 54.6 Å². The largest absolute Gasteiger partial charge is 0.491 e. The molecule has 2 rings (SSSR count). The van der Waals surface area contributed by atoms with E-state index >= 15 is 0 Å². The van der Waals surface area contributed by atoms with Crippen molar-refractivity contribution in [3.8, 4) is 5.75 Å². The van der Waals surface area contributed by atoms with Crippen LogP contribution >= 0.6 is 0 Å². The Balaban J connectivity index is 1.92. The third-order valence-corrected chi connectivity index (χ3v) is 4.41. The van der Waals surface area contributed by atoms with E-state index in [0.717, 1.165) is 24.3 Å². The van der Waals surface area contributed by atoms with Gasteiger partial charge in [-0.15, -0.1) is 0 Å². The number of ether oxygens (including phenoxy) is 1. The zero-order chi connectivity index (χ0) is 17.4. The Hall–Kier alpha value is -1.84. The van der Waals surface area contributed by atoms with E-state index in [9.17, 15) is 5.11 Å². The van der Waals surface area contributed by atoms with Crippen LogP contribution in [0.1, 0.15) is 31.4 Å². The molecule has 0 saturated carbocycles. The van der Waals surface area contributed by atoms with E-state index in [1.807, 2.05) is 37.3 Å². The molecule has 0 bridgehead atoms. The number of aliphatic hydroxyl groups is 1. The molecule has 0 aromatic heterocycles. The molecule has 3 nitrogen and oxygen atoms in total. The Kier molecular flexibility index (Phi) is 7.29. The lowest BCUT2D eigenvalue weighted by Crippen LogP contribution is -2.40. The molecule has 0 aliphatic carbocycles. The summed E-state index contributed by atoms with van der Waals surface area (Å²) in [7, 11) is 0. The van der Waals surface area contributed by atoms with Crippen LogP contribution in [0, 0.1) is 6.92 Å². The SMILES string of the molecule is CC[C@@H](C)N(Cc1ccccc1)C[C@H](O)COc1ccccc1C. The van der Waals surface area contributed by atoms with E-state index in [-0.39, 0.29) is 0 Å². The van der Waals surface area contributed by atoms with Gasteiger partial charge in [0, 0.05) is 19.1 Å². The minimum atomic E-state index is -0.512. The van der Waals surface area contributed by atoms with Crippen molar-refractivity contribution in [3.63, 3.8) is 0 Å². The maximum Gasteiger partial charge on any atom is 0.122 e. The highest BCUT2D eigenvalue weighted by Gasteiger charge is 2.17. The van der Waals surface area contributed by atoms with Crippen molar-refractivity contribution in [1.29, 1.82) is 0 Å². The Labute approximate surface area is 145 Å². The summed E-state index contributed by atoms with van der Waals surface area (Å²) < 4.78 is 5.79. The van der Waals surface area contributed by atoms with Crippen LogP contribution in [0.4, 0.5) is 0 Å². The van der Waals surface area contributed by atoms with Gasteiger partial charge in [0.25, 0.3) is 0 Å². The normalized spacial score (nSPS) is 13.7. The van der Waals surface area contributed by atoms with E-state index in [1.165, 1.54) is 5.56 Å². The van der Waals surface area contributed by atoms with Crippen molar-refractivity contribution >= 4 is 0 Å². The molecule has 2 atom stereocenters. The lowest BCUT2D eigenvalue weighted by atomic mass is 10.1. The minimum absolute atomic E-state index is 0.312. The van der Waals surface area contributed by atoms with Crippen molar-refractivity contribution in [2.75, 3.05) is 13.2 Å². The number of nitrogens with zero attached hydrogens (tertiary/aromatic N) is 1. The first-order valence-corrected chi connectivity index (χ1v) is 8.74. The molecule has 0 saturated heterocycles. The summed E-state index contributed by atoms with van der Waals surface area (Å²) in [5, 5.41) is 10.4. The fourth-order valence-corrected chi connectivity index (χ4v) is 2.70. The van der Waals surface area contributed by atoms with Gasteiger partial charge in [-0.2, -0.15) is 0 Å². The smallest absolute Gasteiger partial charge is 0.122 e. The number of aryl methyl sites for hydroxylation is 1. The fourth-order valence-electron chi connectivity index (χ4n) is 2.70. The van der Waals surface area contributed by atoms with Crippen LogP contribution in [0.2, 0.25) is 0 Å². The van der Waals surface area contributed by atoms with Gasteiger partial charge in [-0.3, -0.25) is 4.90 Å². The Morgan fingerprint density at radius 3 is 2.38 bits per heavy atom. The van der Waals surface area contributed by atoms with Gasteiger partial charge in [-0.05, 0) is 37.5 Å². The molecule has 0 aliphatic heterocycles. The van der Waals surface area contributed by atoms with E-state index in [4.69, 9.17) is 4.74 Å². The van der Waals surface area contributed by atoms with Crippen LogP contribution in [-0.4, -0.2) is 35.3 Å². The first-order valence-electron chi connectivity index (χ1n) is 8.74. The second-order valence-corrected chi connectivity index (χ2v) is 6.40. The molecular formula is C21H29NO2. The highest BCUT2D eigenvalue weighted by molar-refractivity contribution is 5.31. The van der Waals surface area contributed by atoms with Crippen LogP contribution in [0.5, 0.6) is 5.75 Å². The van der Waals surface area contributed by atoms with E-state index in [1.54, 1.807) is 0 Å². The predicted molar refractivity (Wildman–Crippen MR) is 99.3 cm³/mol. The third-order valence-electron chi connectivity index (χ3n) is 4.41. The molecule has 3 heteroatoms. The highest BCUT2D eigenvalue weighted by atomic mass is 16.5. The standard InChI is InChI=1S/C21H29NO2/c1-4-18(3)22(14-19-11-6-5-7-12-19)15-20(23)16-24-21-13-9-8-10-17(21)2/h5-13,18,20,23H,4,14-16H2,1-3H3/t18-,20+/m1/s1. The van der Waals surface area contributed by atoms with Crippen molar-refractivity contribution in [1.82, 2.24) is 4.90 Å². The molecule has 0 fully saturated rings. The molecule has 24 heavy (non-hydrogen) atoms. The predicted octanol–water partition coefficient (Wildman–Crippen LogP) is 4.04. The van der Waals surface area contributed by atoms with Gasteiger partial charge in [0.1, 0.15) is 18.5 Å². The molecule has 0 aliphatic rings. The van der Waals surface area contributed by atoms with E-state index in [0.29, 0.717) is 19.2 Å². The lowest BCUT2D eigenvalue weighted by Gasteiger charge is -2.30. The zero-order valence-electron chi connectivity index (χ0n) is 15.0. The summed E-state index contributed by atoms with van der Waals surface area (Å²) in [6, 6.07) is 18.7. The molecule has 1 N–H and O–H groups in total. The van der Waals surface area contributed by atoms with Gasteiger partial charge in [-0.1, -0.05) is 55.5 Å². The zero-order valence-corrected chi connectivity index (χ0v) is 15.0. The maximum absolute atomic E-state index is 10.4. The Bertz CT molecular complexity index is 600. The van der Waals surface area contributed by atoms with Gasteiger partial charge in [0.05, 0.1) is 0 Å². The van der Waals surface area contributed by atoms with Gasteiger partial charge < -0.3 is 9.84 Å². The molecule has 0 heterocycles. The summed E-state index contributed by atoms with van der Waals surface area (Å²) in [5.41, 5.74) is 2.36. The third kappa shape index (κ3) is 5.66. The molecule has 0 unspecified atom stereocenters. The molecule has 2 aromatic carbocycles. The molecule has 0 amide bonds. The molecule has 0 radical (unpaired) electrons. The molecular weight excluding hydrogens is 298 g/mol. The number of hydrogen-bond acceptors (Lipinski definition) is 3. The van der Waals surface area contributed by atoms with Crippen molar-refractivity contribution in [3.05, 3.63) is 65.7 Å². The van der Waals surface area contributed by atoms with Gasteiger partial charge >= 0.3 is 0 Å². The van der Waals surface area contributed by atoms with Crippen LogP contribution in [0.3, 0.4) is 0 Å². The number of hydrogen-bond donors (Lipinski definition) is 1. The van der Waals surface area contributed by atoms with Crippen LogP contribution in [0.25, 0.3) is 0 Å².